The first-order valence-electron chi connectivity index (χ1n) is 13.0. The number of hydrogen-bond donors (Lipinski definition) is 2. The van der Waals surface area contributed by atoms with Gasteiger partial charge < -0.3 is 4.98 Å². The van der Waals surface area contributed by atoms with Crippen LogP contribution in [0.15, 0.2) is 67.1 Å². The van der Waals surface area contributed by atoms with Gasteiger partial charge in [0.05, 0.1) is 23.4 Å². The Balaban J connectivity index is 1.25. The molecule has 0 bridgehead atoms. The Morgan fingerprint density at radius 1 is 1.02 bits per heavy atom. The highest BCUT2D eigenvalue weighted by atomic mass is 19.3. The zero-order valence-corrected chi connectivity index (χ0v) is 21.5. The standard InChI is InChI=1S/C30H24F3N7/c1-17-8-19(11-21(31)9-17)22-4-6-35-29-23(22)12-26(37-29)28-27-25(38-39-28)3-2-24(36-27)20-10-18(13-34-14-20)15-40-7-5-30(32,33)16-40/h2-4,6,8-14H,5,7,15-16H2,1H3,(H,35,37)(H,38,39). The van der Waals surface area contributed by atoms with Crippen LogP contribution in [0.3, 0.4) is 0 Å². The van der Waals surface area contributed by atoms with Crippen molar-refractivity contribution in [2.24, 2.45) is 0 Å². The van der Waals surface area contributed by atoms with Crippen LogP contribution in [-0.4, -0.2) is 54.0 Å². The van der Waals surface area contributed by atoms with Crippen LogP contribution >= 0.6 is 0 Å². The third-order valence-corrected chi connectivity index (χ3v) is 7.29. The number of fused-ring (bicyclic) bond motifs is 2. The van der Waals surface area contributed by atoms with Gasteiger partial charge in [0.25, 0.3) is 5.92 Å². The van der Waals surface area contributed by atoms with Crippen molar-refractivity contribution in [1.82, 2.24) is 35.0 Å². The summed E-state index contributed by atoms with van der Waals surface area (Å²) >= 11 is 0. The third-order valence-electron chi connectivity index (χ3n) is 7.29. The fourth-order valence-corrected chi connectivity index (χ4v) is 5.46. The largest absolute Gasteiger partial charge is 0.338 e. The van der Waals surface area contributed by atoms with Gasteiger partial charge in [0.1, 0.15) is 22.7 Å². The van der Waals surface area contributed by atoms with E-state index in [2.05, 4.69) is 25.1 Å². The van der Waals surface area contributed by atoms with Crippen molar-refractivity contribution in [3.8, 4) is 33.8 Å². The summed E-state index contributed by atoms with van der Waals surface area (Å²) in [6, 6.07) is 14.5. The van der Waals surface area contributed by atoms with Gasteiger partial charge in [-0.2, -0.15) is 5.10 Å². The van der Waals surface area contributed by atoms with Crippen molar-refractivity contribution >= 4 is 22.1 Å². The molecule has 0 atom stereocenters. The molecular formula is C30H24F3N7. The maximum absolute atomic E-state index is 14.2. The Morgan fingerprint density at radius 2 is 1.93 bits per heavy atom. The van der Waals surface area contributed by atoms with Crippen LogP contribution in [0.4, 0.5) is 13.2 Å². The quantitative estimate of drug-likeness (QED) is 0.261. The van der Waals surface area contributed by atoms with E-state index in [1.54, 1.807) is 23.5 Å². The maximum Gasteiger partial charge on any atom is 0.261 e. The number of aromatic amines is 2. The Kier molecular flexibility index (Phi) is 5.67. The lowest BCUT2D eigenvalue weighted by Gasteiger charge is -2.15. The maximum atomic E-state index is 14.2. The average molecular weight is 540 g/mol. The highest BCUT2D eigenvalue weighted by Crippen LogP contribution is 2.34. The van der Waals surface area contributed by atoms with Gasteiger partial charge in [-0.15, -0.1) is 0 Å². The van der Waals surface area contributed by atoms with Crippen molar-refractivity contribution < 1.29 is 13.2 Å². The number of aryl methyl sites for hydroxylation is 1. The second-order valence-corrected chi connectivity index (χ2v) is 10.4. The van der Waals surface area contributed by atoms with E-state index in [-0.39, 0.29) is 18.8 Å². The lowest BCUT2D eigenvalue weighted by Crippen LogP contribution is -2.24. The molecule has 1 aliphatic rings. The van der Waals surface area contributed by atoms with E-state index in [4.69, 9.17) is 4.98 Å². The van der Waals surface area contributed by atoms with Gasteiger partial charge in [0.2, 0.25) is 0 Å². The highest BCUT2D eigenvalue weighted by Gasteiger charge is 2.37. The third kappa shape index (κ3) is 4.50. The van der Waals surface area contributed by atoms with E-state index in [0.29, 0.717) is 35.6 Å². The Labute approximate surface area is 227 Å². The molecule has 7 nitrogen and oxygen atoms in total. The van der Waals surface area contributed by atoms with Gasteiger partial charge >= 0.3 is 0 Å². The summed E-state index contributed by atoms with van der Waals surface area (Å²) in [5.74, 6) is -2.92. The molecule has 2 N–H and O–H groups in total. The number of hydrogen-bond acceptors (Lipinski definition) is 5. The summed E-state index contributed by atoms with van der Waals surface area (Å²) in [6.45, 7) is 2.40. The molecule has 6 aromatic rings. The minimum Gasteiger partial charge on any atom is -0.338 e. The number of alkyl halides is 2. The molecule has 6 heterocycles. The van der Waals surface area contributed by atoms with Crippen LogP contribution < -0.4 is 0 Å². The van der Waals surface area contributed by atoms with Crippen LogP contribution in [0.5, 0.6) is 0 Å². The molecule has 40 heavy (non-hydrogen) atoms. The number of pyridine rings is 3. The molecule has 0 aliphatic carbocycles. The second kappa shape index (κ2) is 9.27. The number of benzene rings is 1. The van der Waals surface area contributed by atoms with Crippen molar-refractivity contribution in [1.29, 1.82) is 0 Å². The number of nitrogens with one attached hydrogen (secondary N) is 2. The molecule has 1 saturated heterocycles. The van der Waals surface area contributed by atoms with Gasteiger partial charge in [-0.1, -0.05) is 6.07 Å². The van der Waals surface area contributed by atoms with Crippen molar-refractivity contribution in [2.75, 3.05) is 13.1 Å². The zero-order valence-electron chi connectivity index (χ0n) is 21.5. The molecular weight excluding hydrogens is 515 g/mol. The first kappa shape index (κ1) is 24.5. The molecule has 1 aliphatic heterocycles. The molecule has 7 rings (SSSR count). The fraction of sp³-hybridized carbons (Fsp3) is 0.200. The predicted molar refractivity (Wildman–Crippen MR) is 147 cm³/mol. The van der Waals surface area contributed by atoms with E-state index in [9.17, 15) is 13.2 Å². The Bertz CT molecular complexity index is 1870. The van der Waals surface area contributed by atoms with E-state index in [1.165, 1.54) is 12.1 Å². The molecule has 0 saturated carbocycles. The molecule has 0 spiro atoms. The van der Waals surface area contributed by atoms with Crippen LogP contribution in [0.25, 0.3) is 55.8 Å². The van der Waals surface area contributed by atoms with Crippen LogP contribution in [0, 0.1) is 12.7 Å². The summed E-state index contributed by atoms with van der Waals surface area (Å²) in [6.07, 6.45) is 5.00. The summed E-state index contributed by atoms with van der Waals surface area (Å²) in [5.41, 5.74) is 8.24. The molecule has 10 heteroatoms. The average Bonchev–Trinajstić information content (AvgIpc) is 3.63. The monoisotopic (exact) mass is 539 g/mol. The SMILES string of the molecule is Cc1cc(F)cc(-c2ccnc3[nH]c(-c4n[nH]c5ccc(-c6cncc(CN7CCC(F)(F)C7)c6)nc45)cc23)c1. The molecule has 0 radical (unpaired) electrons. The molecule has 200 valence electrons. The van der Waals surface area contributed by atoms with Crippen molar-refractivity contribution in [3.63, 3.8) is 0 Å². The smallest absolute Gasteiger partial charge is 0.261 e. The van der Waals surface area contributed by atoms with Gasteiger partial charge in [-0.05, 0) is 71.6 Å². The number of nitrogens with zero attached hydrogens (tertiary/aromatic N) is 5. The van der Waals surface area contributed by atoms with Gasteiger partial charge in [-0.3, -0.25) is 15.0 Å². The minimum absolute atomic E-state index is 0.117. The molecule has 1 fully saturated rings. The first-order valence-corrected chi connectivity index (χ1v) is 13.0. The van der Waals surface area contributed by atoms with Crippen LogP contribution in [0.1, 0.15) is 17.5 Å². The van der Waals surface area contributed by atoms with E-state index in [1.807, 2.05) is 43.3 Å². The molecule has 0 unspecified atom stereocenters. The first-order chi connectivity index (χ1) is 19.3. The Morgan fingerprint density at radius 3 is 2.75 bits per heavy atom. The molecule has 1 aromatic carbocycles. The van der Waals surface area contributed by atoms with Gasteiger partial charge in [0, 0.05) is 49.1 Å². The van der Waals surface area contributed by atoms with Crippen molar-refractivity contribution in [3.05, 3.63) is 84.1 Å². The minimum atomic E-state index is -2.63. The fourth-order valence-electron chi connectivity index (χ4n) is 5.46. The summed E-state index contributed by atoms with van der Waals surface area (Å²) < 4.78 is 41.5. The highest BCUT2D eigenvalue weighted by molar-refractivity contribution is 5.99. The number of H-pyrrole nitrogens is 2. The van der Waals surface area contributed by atoms with Crippen LogP contribution in [0.2, 0.25) is 0 Å². The van der Waals surface area contributed by atoms with E-state index >= 15 is 0 Å². The molecule has 5 aromatic heterocycles. The topological polar surface area (TPSA) is 86.4 Å². The normalized spacial score (nSPS) is 15.4. The van der Waals surface area contributed by atoms with Crippen molar-refractivity contribution in [2.45, 2.75) is 25.8 Å². The van der Waals surface area contributed by atoms with Gasteiger partial charge in [0.15, 0.2) is 0 Å². The summed E-state index contributed by atoms with van der Waals surface area (Å²) in [4.78, 5) is 18.8. The lowest BCUT2D eigenvalue weighted by molar-refractivity contribution is 0.0115. The van der Waals surface area contributed by atoms with Gasteiger partial charge in [-0.25, -0.2) is 23.1 Å². The number of aromatic nitrogens is 6. The van der Waals surface area contributed by atoms with E-state index < -0.39 is 5.92 Å². The number of halogens is 3. The summed E-state index contributed by atoms with van der Waals surface area (Å²) in [7, 11) is 0. The predicted octanol–water partition coefficient (Wildman–Crippen LogP) is 6.52. The molecule has 0 amide bonds. The summed E-state index contributed by atoms with van der Waals surface area (Å²) in [5, 5.41) is 8.41. The lowest BCUT2D eigenvalue weighted by atomic mass is 10.0. The van der Waals surface area contributed by atoms with Crippen LogP contribution in [-0.2, 0) is 6.54 Å². The van der Waals surface area contributed by atoms with E-state index in [0.717, 1.165) is 44.4 Å². The Hall–Kier alpha value is -4.57. The zero-order chi connectivity index (χ0) is 27.4. The number of rotatable bonds is 5. The second-order valence-electron chi connectivity index (χ2n) is 10.4. The number of likely N-dealkylation sites (tertiary alicyclic amines) is 1.